The van der Waals surface area contributed by atoms with Crippen LogP contribution in [0.4, 0.5) is 5.69 Å². The maximum Gasteiger partial charge on any atom is 0.282 e. The molecule has 2 fully saturated rings. The number of rotatable bonds is 5. The minimum absolute atomic E-state index is 0.000475. The maximum atomic E-state index is 12.4. The molecular formula is C18H29N3O2+2. The predicted molar refractivity (Wildman–Crippen MR) is 89.8 cm³/mol. The Hall–Kier alpha value is -1.43. The van der Waals surface area contributed by atoms with Crippen LogP contribution in [0.5, 0.6) is 0 Å². The fourth-order valence-corrected chi connectivity index (χ4v) is 3.65. The summed E-state index contributed by atoms with van der Waals surface area (Å²) in [6, 6.07) is 9.72. The molecule has 2 saturated heterocycles. The molecule has 0 radical (unpaired) electrons. The van der Waals surface area contributed by atoms with E-state index in [1.165, 1.54) is 17.7 Å². The van der Waals surface area contributed by atoms with Crippen molar-refractivity contribution in [1.29, 1.82) is 0 Å². The minimum atomic E-state index is -0.000475. The lowest BCUT2D eigenvalue weighted by molar-refractivity contribution is -1.02. The number of nitrogens with one attached hydrogen (secondary N) is 3. The Morgan fingerprint density at radius 2 is 2.00 bits per heavy atom. The third kappa shape index (κ3) is 4.53. The first-order valence-corrected chi connectivity index (χ1v) is 8.88. The first-order valence-electron chi connectivity index (χ1n) is 8.88. The summed E-state index contributed by atoms with van der Waals surface area (Å²) >= 11 is 0. The average Bonchev–Trinajstić information content (AvgIpc) is 3.09. The van der Waals surface area contributed by atoms with Gasteiger partial charge in [-0.2, -0.15) is 0 Å². The number of para-hydroxylation sites is 1. The fraction of sp³-hybridized carbons (Fsp3) is 0.611. The lowest BCUT2D eigenvalue weighted by Gasteiger charge is -2.33. The Balaban J connectivity index is 1.44. The number of anilines is 1. The van der Waals surface area contributed by atoms with Crippen LogP contribution in [0.25, 0.3) is 0 Å². The van der Waals surface area contributed by atoms with Crippen LogP contribution in [0.15, 0.2) is 30.3 Å². The smallest absolute Gasteiger partial charge is 0.282 e. The van der Waals surface area contributed by atoms with Crippen LogP contribution >= 0.6 is 0 Å². The predicted octanol–water partition coefficient (Wildman–Crippen LogP) is -1.02. The Morgan fingerprint density at radius 3 is 2.65 bits per heavy atom. The van der Waals surface area contributed by atoms with E-state index >= 15 is 0 Å². The van der Waals surface area contributed by atoms with Crippen LogP contribution in [0, 0.1) is 0 Å². The number of amides is 1. The molecule has 2 heterocycles. The molecule has 0 bridgehead atoms. The molecule has 0 aliphatic carbocycles. The van der Waals surface area contributed by atoms with Gasteiger partial charge in [0, 0.05) is 12.3 Å². The number of quaternary nitrogens is 2. The molecule has 1 amide bonds. The van der Waals surface area contributed by atoms with Crippen molar-refractivity contribution in [3.63, 3.8) is 0 Å². The summed E-state index contributed by atoms with van der Waals surface area (Å²) in [6.45, 7) is 8.51. The van der Waals surface area contributed by atoms with Gasteiger partial charge in [-0.1, -0.05) is 18.2 Å². The molecule has 3 N–H and O–H groups in total. The molecule has 5 heteroatoms. The van der Waals surface area contributed by atoms with Gasteiger partial charge in [-0.3, -0.25) is 4.79 Å². The van der Waals surface area contributed by atoms with E-state index in [0.29, 0.717) is 6.10 Å². The van der Waals surface area contributed by atoms with Gasteiger partial charge < -0.3 is 19.9 Å². The van der Waals surface area contributed by atoms with E-state index in [9.17, 15) is 4.79 Å². The van der Waals surface area contributed by atoms with Crippen molar-refractivity contribution in [2.75, 3.05) is 44.6 Å². The quantitative estimate of drug-likeness (QED) is 0.650. The van der Waals surface area contributed by atoms with Crippen LogP contribution in [0.3, 0.4) is 0 Å². The van der Waals surface area contributed by atoms with Gasteiger partial charge in [0.25, 0.3) is 5.91 Å². The van der Waals surface area contributed by atoms with Gasteiger partial charge in [0.05, 0.1) is 0 Å². The van der Waals surface area contributed by atoms with Crippen LogP contribution in [-0.2, 0) is 9.53 Å². The summed E-state index contributed by atoms with van der Waals surface area (Å²) in [7, 11) is 0. The summed E-state index contributed by atoms with van der Waals surface area (Å²) in [4.78, 5) is 15.4. The molecule has 2 atom stereocenters. The third-order valence-corrected chi connectivity index (χ3v) is 5.19. The van der Waals surface area contributed by atoms with Crippen molar-refractivity contribution >= 4 is 11.6 Å². The first kappa shape index (κ1) is 16.4. The second kappa shape index (κ2) is 7.90. The number of carbonyl (C=O) groups excluding carboxylic acids is 1. The van der Waals surface area contributed by atoms with Gasteiger partial charge in [-0.25, -0.2) is 0 Å². The van der Waals surface area contributed by atoms with Crippen molar-refractivity contribution < 1.29 is 19.3 Å². The molecule has 0 unspecified atom stereocenters. The van der Waals surface area contributed by atoms with Crippen molar-refractivity contribution in [1.82, 2.24) is 0 Å². The molecule has 0 aromatic heterocycles. The molecule has 2 aliphatic rings. The van der Waals surface area contributed by atoms with Crippen LogP contribution in [-0.4, -0.2) is 57.4 Å². The highest BCUT2D eigenvalue weighted by Crippen LogP contribution is 2.09. The second-order valence-corrected chi connectivity index (χ2v) is 6.82. The topological polar surface area (TPSA) is 47.2 Å². The van der Waals surface area contributed by atoms with Crippen molar-refractivity contribution in [2.24, 2.45) is 0 Å². The van der Waals surface area contributed by atoms with E-state index in [-0.39, 0.29) is 11.9 Å². The van der Waals surface area contributed by atoms with E-state index in [2.05, 4.69) is 5.32 Å². The van der Waals surface area contributed by atoms with Gasteiger partial charge in [0.2, 0.25) is 0 Å². The number of carbonyl (C=O) groups is 1. The van der Waals surface area contributed by atoms with E-state index in [1.807, 2.05) is 37.3 Å². The monoisotopic (exact) mass is 319 g/mol. The van der Waals surface area contributed by atoms with E-state index in [0.717, 1.165) is 45.0 Å². The lowest BCUT2D eigenvalue weighted by atomic mass is 10.2. The normalized spacial score (nSPS) is 29.2. The van der Waals surface area contributed by atoms with Gasteiger partial charge in [0.1, 0.15) is 38.8 Å². The lowest BCUT2D eigenvalue weighted by Crippen LogP contribution is -3.30. The Bertz CT molecular complexity index is 494. The molecule has 1 aromatic rings. The Kier molecular flexibility index (Phi) is 5.65. The van der Waals surface area contributed by atoms with Crippen molar-refractivity contribution in [2.45, 2.75) is 31.9 Å². The molecule has 126 valence electrons. The Morgan fingerprint density at radius 1 is 1.26 bits per heavy atom. The van der Waals surface area contributed by atoms with Gasteiger partial charge >= 0.3 is 0 Å². The van der Waals surface area contributed by atoms with Crippen LogP contribution in [0.2, 0.25) is 0 Å². The van der Waals surface area contributed by atoms with Gasteiger partial charge in [-0.05, 0) is 31.9 Å². The third-order valence-electron chi connectivity index (χ3n) is 5.19. The molecule has 0 spiro atoms. The zero-order valence-corrected chi connectivity index (χ0v) is 14.0. The molecule has 2 aliphatic heterocycles. The molecule has 5 nitrogen and oxygen atoms in total. The number of benzene rings is 1. The summed E-state index contributed by atoms with van der Waals surface area (Å²) in [5, 5.41) is 3.02. The molecular weight excluding hydrogens is 290 g/mol. The first-order chi connectivity index (χ1) is 11.2. The average molecular weight is 319 g/mol. The standard InChI is InChI=1S/C18H27N3O2/c1-15(18(22)19-16-6-3-2-4-7-16)21-11-9-20(10-12-21)14-17-8-5-13-23-17/h2-4,6-7,15,17H,5,8-14H2,1H3,(H,19,22)/p+2/t15-,17-/m1/s1. The molecule has 3 rings (SSSR count). The van der Waals surface area contributed by atoms with E-state index in [1.54, 1.807) is 4.90 Å². The SMILES string of the molecule is C[C@H](C(=O)Nc1ccccc1)[NH+]1CC[NH+](C[C@H]2CCCO2)CC1. The van der Waals surface area contributed by atoms with Gasteiger partial charge in [-0.15, -0.1) is 0 Å². The van der Waals surface area contributed by atoms with Crippen LogP contribution in [0.1, 0.15) is 19.8 Å². The van der Waals surface area contributed by atoms with Crippen molar-refractivity contribution in [3.05, 3.63) is 30.3 Å². The van der Waals surface area contributed by atoms with Crippen molar-refractivity contribution in [3.8, 4) is 0 Å². The summed E-state index contributed by atoms with van der Waals surface area (Å²) in [5.41, 5.74) is 0.881. The van der Waals surface area contributed by atoms with Crippen LogP contribution < -0.4 is 15.1 Å². The largest absolute Gasteiger partial charge is 0.372 e. The second-order valence-electron chi connectivity index (χ2n) is 6.82. The summed E-state index contributed by atoms with van der Waals surface area (Å²) < 4.78 is 5.74. The summed E-state index contributed by atoms with van der Waals surface area (Å²) in [5.74, 6) is 0.119. The molecule has 0 saturated carbocycles. The molecule has 23 heavy (non-hydrogen) atoms. The highest BCUT2D eigenvalue weighted by Gasteiger charge is 2.32. The van der Waals surface area contributed by atoms with E-state index < -0.39 is 0 Å². The highest BCUT2D eigenvalue weighted by molar-refractivity contribution is 5.93. The number of hydrogen-bond acceptors (Lipinski definition) is 2. The van der Waals surface area contributed by atoms with Gasteiger partial charge in [0.15, 0.2) is 6.04 Å². The summed E-state index contributed by atoms with van der Waals surface area (Å²) in [6.07, 6.45) is 2.90. The highest BCUT2D eigenvalue weighted by atomic mass is 16.5. The Labute approximate surface area is 138 Å². The molecule has 1 aromatic carbocycles. The maximum absolute atomic E-state index is 12.4. The number of piperazine rings is 1. The minimum Gasteiger partial charge on any atom is -0.372 e. The number of hydrogen-bond donors (Lipinski definition) is 3. The van der Waals surface area contributed by atoms with E-state index in [4.69, 9.17) is 4.74 Å². The zero-order chi connectivity index (χ0) is 16.1. The fourth-order valence-electron chi connectivity index (χ4n) is 3.65. The zero-order valence-electron chi connectivity index (χ0n) is 14.0. The number of ether oxygens (including phenoxy) is 1.